The molecule has 2 rings (SSSR count). The van der Waals surface area contributed by atoms with Gasteiger partial charge in [0, 0.05) is 7.05 Å². The summed E-state index contributed by atoms with van der Waals surface area (Å²) in [6, 6.07) is 11.5. The van der Waals surface area contributed by atoms with Gasteiger partial charge in [0.15, 0.2) is 6.10 Å². The van der Waals surface area contributed by atoms with Crippen molar-refractivity contribution in [3.05, 3.63) is 53.6 Å². The van der Waals surface area contributed by atoms with E-state index in [1.54, 1.807) is 6.92 Å². The lowest BCUT2D eigenvalue weighted by Gasteiger charge is -2.15. The van der Waals surface area contributed by atoms with Crippen molar-refractivity contribution in [2.75, 3.05) is 11.8 Å². The van der Waals surface area contributed by atoms with Gasteiger partial charge in [-0.15, -0.1) is 0 Å². The molecule has 2 aromatic carbocycles. The topological polar surface area (TPSA) is 84.5 Å². The summed E-state index contributed by atoms with van der Waals surface area (Å²) in [5.74, 6) is 0.163. The minimum absolute atomic E-state index is 0.120. The van der Waals surface area contributed by atoms with E-state index in [-0.39, 0.29) is 10.8 Å². The second kappa shape index (κ2) is 7.57. The van der Waals surface area contributed by atoms with Crippen LogP contribution >= 0.6 is 0 Å². The summed E-state index contributed by atoms with van der Waals surface area (Å²) >= 11 is 0. The Hall–Kier alpha value is -2.54. The van der Waals surface area contributed by atoms with Crippen LogP contribution in [0.3, 0.4) is 0 Å². The third-order valence-electron chi connectivity index (χ3n) is 3.78. The normalized spacial score (nSPS) is 12.3. The van der Waals surface area contributed by atoms with E-state index in [0.29, 0.717) is 11.4 Å². The average Bonchev–Trinajstić information content (AvgIpc) is 2.58. The van der Waals surface area contributed by atoms with E-state index in [0.717, 1.165) is 11.1 Å². The van der Waals surface area contributed by atoms with Crippen molar-refractivity contribution in [2.24, 2.45) is 0 Å². The number of nitrogens with one attached hydrogen (secondary N) is 2. The molecule has 0 spiro atoms. The van der Waals surface area contributed by atoms with Crippen LogP contribution in [0.2, 0.25) is 0 Å². The summed E-state index contributed by atoms with van der Waals surface area (Å²) in [6.45, 7) is 5.32. The Morgan fingerprint density at radius 2 is 1.60 bits per heavy atom. The number of ether oxygens (including phenoxy) is 1. The van der Waals surface area contributed by atoms with Gasteiger partial charge >= 0.3 is 0 Å². The second-order valence-corrected chi connectivity index (χ2v) is 7.40. The van der Waals surface area contributed by atoms with Crippen LogP contribution in [0.5, 0.6) is 5.75 Å². The minimum Gasteiger partial charge on any atom is -0.481 e. The molecule has 2 N–H and O–H groups in total. The molecule has 0 aliphatic heterocycles. The maximum atomic E-state index is 12.6. The summed E-state index contributed by atoms with van der Waals surface area (Å²) in [5.41, 5.74) is 2.28. The molecular formula is C18H22N2O4S. The number of amides is 1. The molecule has 0 heterocycles. The van der Waals surface area contributed by atoms with E-state index < -0.39 is 16.1 Å². The number of sulfonamides is 1. The Kier molecular flexibility index (Phi) is 5.69. The van der Waals surface area contributed by atoms with Crippen molar-refractivity contribution < 1.29 is 17.9 Å². The number of hydrogen-bond acceptors (Lipinski definition) is 4. The molecule has 25 heavy (non-hydrogen) atoms. The molecule has 0 saturated carbocycles. The van der Waals surface area contributed by atoms with Crippen molar-refractivity contribution in [1.82, 2.24) is 5.32 Å². The molecule has 0 saturated heterocycles. The fourth-order valence-corrected chi connectivity index (χ4v) is 3.53. The molecule has 0 bridgehead atoms. The predicted octanol–water partition coefficient (Wildman–Crippen LogP) is 2.62. The predicted molar refractivity (Wildman–Crippen MR) is 97.3 cm³/mol. The summed E-state index contributed by atoms with van der Waals surface area (Å²) in [7, 11) is -2.18. The number of carbonyl (C=O) groups excluding carboxylic acids is 1. The molecule has 0 radical (unpaired) electrons. The van der Waals surface area contributed by atoms with E-state index in [1.807, 2.05) is 32.0 Å². The van der Waals surface area contributed by atoms with Crippen molar-refractivity contribution in [3.8, 4) is 5.75 Å². The minimum atomic E-state index is -3.71. The summed E-state index contributed by atoms with van der Waals surface area (Å²) in [4.78, 5) is 11.6. The van der Waals surface area contributed by atoms with Crippen molar-refractivity contribution in [1.29, 1.82) is 0 Å². The third-order valence-corrected chi connectivity index (χ3v) is 5.15. The summed E-state index contributed by atoms with van der Waals surface area (Å²) in [5, 5.41) is 2.49. The van der Waals surface area contributed by atoms with Gasteiger partial charge in [-0.05, 0) is 56.2 Å². The van der Waals surface area contributed by atoms with Crippen LogP contribution in [-0.2, 0) is 14.8 Å². The Labute approximate surface area is 148 Å². The molecule has 1 atom stereocenters. The number of para-hydroxylation sites is 1. The smallest absolute Gasteiger partial charge is 0.261 e. The molecule has 1 amide bonds. The highest BCUT2D eigenvalue weighted by Gasteiger charge is 2.17. The Morgan fingerprint density at radius 3 is 2.12 bits per heavy atom. The van der Waals surface area contributed by atoms with Crippen molar-refractivity contribution in [2.45, 2.75) is 31.8 Å². The molecule has 134 valence electrons. The van der Waals surface area contributed by atoms with Crippen molar-refractivity contribution in [3.63, 3.8) is 0 Å². The van der Waals surface area contributed by atoms with Crippen LogP contribution in [0.1, 0.15) is 18.1 Å². The average molecular weight is 362 g/mol. The van der Waals surface area contributed by atoms with Crippen LogP contribution < -0.4 is 14.8 Å². The van der Waals surface area contributed by atoms with Gasteiger partial charge in [-0.1, -0.05) is 18.2 Å². The van der Waals surface area contributed by atoms with Crippen LogP contribution in [0, 0.1) is 13.8 Å². The molecule has 7 heteroatoms. The van der Waals surface area contributed by atoms with Gasteiger partial charge in [-0.3, -0.25) is 9.52 Å². The molecule has 6 nitrogen and oxygen atoms in total. The summed E-state index contributed by atoms with van der Waals surface area (Å²) in [6.07, 6.45) is -0.666. The van der Waals surface area contributed by atoms with Crippen LogP contribution in [0.25, 0.3) is 0 Å². The lowest BCUT2D eigenvalue weighted by molar-refractivity contribution is -0.126. The van der Waals surface area contributed by atoms with E-state index in [1.165, 1.54) is 31.3 Å². The van der Waals surface area contributed by atoms with Crippen molar-refractivity contribution >= 4 is 21.6 Å². The quantitative estimate of drug-likeness (QED) is 0.827. The van der Waals surface area contributed by atoms with E-state index >= 15 is 0 Å². The second-order valence-electron chi connectivity index (χ2n) is 5.72. The van der Waals surface area contributed by atoms with Crippen LogP contribution in [-0.4, -0.2) is 27.5 Å². The Balaban J connectivity index is 2.19. The number of benzene rings is 2. The molecule has 2 aromatic rings. The largest absolute Gasteiger partial charge is 0.481 e. The molecule has 0 unspecified atom stereocenters. The van der Waals surface area contributed by atoms with E-state index in [9.17, 15) is 13.2 Å². The number of likely N-dealkylation sites (N-methyl/N-ethyl adjacent to an activating group) is 1. The molecular weight excluding hydrogens is 340 g/mol. The van der Waals surface area contributed by atoms with Gasteiger partial charge in [0.25, 0.3) is 15.9 Å². The first-order chi connectivity index (χ1) is 11.7. The van der Waals surface area contributed by atoms with E-state index in [2.05, 4.69) is 10.0 Å². The SMILES string of the molecule is CNC(=O)[C@H](C)Oc1ccc(S(=O)(=O)Nc2c(C)cccc2C)cc1. The zero-order valence-electron chi connectivity index (χ0n) is 14.7. The lowest BCUT2D eigenvalue weighted by Crippen LogP contribution is -2.33. The fourth-order valence-electron chi connectivity index (χ4n) is 2.33. The molecule has 0 aliphatic carbocycles. The Bertz CT molecular complexity index is 841. The van der Waals surface area contributed by atoms with Gasteiger partial charge in [0.1, 0.15) is 5.75 Å². The first-order valence-electron chi connectivity index (χ1n) is 7.82. The van der Waals surface area contributed by atoms with Crippen LogP contribution in [0.15, 0.2) is 47.4 Å². The third kappa shape index (κ3) is 4.51. The first-order valence-corrected chi connectivity index (χ1v) is 9.30. The van der Waals surface area contributed by atoms with Gasteiger partial charge in [0.05, 0.1) is 10.6 Å². The first kappa shape index (κ1) is 18.8. The molecule has 0 aliphatic rings. The van der Waals surface area contributed by atoms with Crippen LogP contribution in [0.4, 0.5) is 5.69 Å². The van der Waals surface area contributed by atoms with Gasteiger partial charge < -0.3 is 10.1 Å². The monoisotopic (exact) mass is 362 g/mol. The van der Waals surface area contributed by atoms with Gasteiger partial charge in [-0.2, -0.15) is 0 Å². The molecule has 0 fully saturated rings. The van der Waals surface area contributed by atoms with Gasteiger partial charge in [-0.25, -0.2) is 8.42 Å². The van der Waals surface area contributed by atoms with Gasteiger partial charge in [0.2, 0.25) is 0 Å². The zero-order chi connectivity index (χ0) is 18.6. The maximum absolute atomic E-state index is 12.6. The number of aryl methyl sites for hydroxylation is 2. The Morgan fingerprint density at radius 1 is 1.04 bits per heavy atom. The number of rotatable bonds is 6. The fraction of sp³-hybridized carbons (Fsp3) is 0.278. The lowest BCUT2D eigenvalue weighted by atomic mass is 10.1. The highest BCUT2D eigenvalue weighted by molar-refractivity contribution is 7.92. The zero-order valence-corrected chi connectivity index (χ0v) is 15.5. The number of hydrogen-bond donors (Lipinski definition) is 2. The number of anilines is 1. The number of carbonyl (C=O) groups is 1. The maximum Gasteiger partial charge on any atom is 0.261 e. The highest BCUT2D eigenvalue weighted by atomic mass is 32.2. The molecule has 0 aromatic heterocycles. The summed E-state index contributed by atoms with van der Waals surface area (Å²) < 4.78 is 33.2. The van der Waals surface area contributed by atoms with E-state index in [4.69, 9.17) is 4.74 Å². The highest BCUT2D eigenvalue weighted by Crippen LogP contribution is 2.24. The standard InChI is InChI=1S/C18H22N2O4S/c1-12-6-5-7-13(2)17(12)20-25(22,23)16-10-8-15(9-11-16)24-14(3)18(21)19-4/h5-11,14,20H,1-4H3,(H,19,21)/t14-/m0/s1.